The molecule has 6 nitrogen and oxygen atoms in total. The Bertz CT molecular complexity index is 659. The maximum absolute atomic E-state index is 13.6. The highest BCUT2D eigenvalue weighted by Gasteiger charge is 2.13. The Balaban J connectivity index is 1.95. The Morgan fingerprint density at radius 3 is 2.55 bits per heavy atom. The Morgan fingerprint density at radius 2 is 2.00 bits per heavy atom. The van der Waals surface area contributed by atoms with Crippen LogP contribution in [0.3, 0.4) is 0 Å². The van der Waals surface area contributed by atoms with E-state index in [1.165, 1.54) is 6.33 Å². The second-order valence-electron chi connectivity index (χ2n) is 5.32. The quantitative estimate of drug-likeness (QED) is 0.909. The van der Waals surface area contributed by atoms with E-state index in [-0.39, 0.29) is 24.4 Å². The lowest BCUT2D eigenvalue weighted by Crippen LogP contribution is -2.37. The predicted octanol–water partition coefficient (Wildman–Crippen LogP) is 2.13. The van der Waals surface area contributed by atoms with Crippen LogP contribution in [0.2, 0.25) is 0 Å². The number of benzene rings is 1. The minimum absolute atomic E-state index is 0.206. The largest absolute Gasteiger partial charge is 0.332 e. The van der Waals surface area contributed by atoms with Crippen molar-refractivity contribution >= 4 is 6.03 Å². The lowest BCUT2D eigenvalue weighted by molar-refractivity contribution is 0.237. The molecule has 1 heterocycles. The van der Waals surface area contributed by atoms with Gasteiger partial charge in [0.25, 0.3) is 0 Å². The molecule has 0 radical (unpaired) electrons. The first kappa shape index (κ1) is 15.9. The number of hydrogen-bond acceptors (Lipinski definition) is 3. The van der Waals surface area contributed by atoms with Gasteiger partial charge in [0, 0.05) is 7.05 Å². The van der Waals surface area contributed by atoms with Crippen LogP contribution in [0.25, 0.3) is 0 Å². The van der Waals surface area contributed by atoms with E-state index in [2.05, 4.69) is 20.7 Å². The van der Waals surface area contributed by atoms with Crippen molar-refractivity contribution in [2.45, 2.75) is 33.4 Å². The van der Waals surface area contributed by atoms with Crippen LogP contribution in [-0.2, 0) is 13.6 Å². The lowest BCUT2D eigenvalue weighted by atomic mass is 10.0. The smallest absolute Gasteiger partial charge is 0.315 e. The summed E-state index contributed by atoms with van der Waals surface area (Å²) in [5.41, 5.74) is 2.01. The van der Waals surface area contributed by atoms with Crippen molar-refractivity contribution in [3.63, 3.8) is 0 Å². The van der Waals surface area contributed by atoms with Gasteiger partial charge in [-0.1, -0.05) is 12.1 Å². The molecular weight excluding hydrogens is 285 g/mol. The van der Waals surface area contributed by atoms with Gasteiger partial charge in [0.2, 0.25) is 0 Å². The van der Waals surface area contributed by atoms with Crippen LogP contribution in [0.5, 0.6) is 0 Å². The molecule has 0 aliphatic heterocycles. The van der Waals surface area contributed by atoms with Crippen molar-refractivity contribution in [1.29, 1.82) is 0 Å². The summed E-state index contributed by atoms with van der Waals surface area (Å²) < 4.78 is 15.2. The minimum Gasteiger partial charge on any atom is -0.332 e. The van der Waals surface area contributed by atoms with Crippen LogP contribution in [0.15, 0.2) is 18.5 Å². The van der Waals surface area contributed by atoms with Gasteiger partial charge < -0.3 is 10.6 Å². The van der Waals surface area contributed by atoms with E-state index >= 15 is 0 Å². The Labute approximate surface area is 128 Å². The molecular formula is C15H20FN5O. The molecule has 0 aliphatic rings. The number of nitrogens with zero attached hydrogens (tertiary/aromatic N) is 3. The molecule has 118 valence electrons. The topological polar surface area (TPSA) is 71.8 Å². The third kappa shape index (κ3) is 3.60. The number of carbonyl (C=O) groups excluding carboxylic acids is 1. The van der Waals surface area contributed by atoms with Gasteiger partial charge in [0.15, 0.2) is 0 Å². The fourth-order valence-corrected chi connectivity index (χ4v) is 2.20. The monoisotopic (exact) mass is 305 g/mol. The summed E-state index contributed by atoms with van der Waals surface area (Å²) in [5, 5.41) is 9.47. The zero-order chi connectivity index (χ0) is 16.3. The first-order chi connectivity index (χ1) is 10.4. The number of rotatable bonds is 4. The molecule has 0 fully saturated rings. The molecule has 1 aromatic heterocycles. The van der Waals surface area contributed by atoms with E-state index in [1.54, 1.807) is 37.7 Å². The number of nitrogens with one attached hydrogen (secondary N) is 2. The Kier molecular flexibility index (Phi) is 4.75. The van der Waals surface area contributed by atoms with Crippen molar-refractivity contribution in [3.05, 3.63) is 46.8 Å². The van der Waals surface area contributed by atoms with E-state index in [1.807, 2.05) is 6.92 Å². The van der Waals surface area contributed by atoms with E-state index < -0.39 is 0 Å². The average Bonchev–Trinajstić information content (AvgIpc) is 2.87. The summed E-state index contributed by atoms with van der Waals surface area (Å²) in [6.07, 6.45) is 1.43. The Hall–Kier alpha value is -2.44. The zero-order valence-electron chi connectivity index (χ0n) is 13.1. The van der Waals surface area contributed by atoms with Gasteiger partial charge in [-0.15, -0.1) is 0 Å². The molecule has 0 bridgehead atoms. The molecule has 0 spiro atoms. The normalized spacial score (nSPS) is 12.0. The van der Waals surface area contributed by atoms with Gasteiger partial charge in [-0.25, -0.2) is 14.2 Å². The molecule has 22 heavy (non-hydrogen) atoms. The van der Waals surface area contributed by atoms with Crippen molar-refractivity contribution in [2.75, 3.05) is 0 Å². The summed E-state index contributed by atoms with van der Waals surface area (Å²) in [6, 6.07) is 2.96. The third-order valence-corrected chi connectivity index (χ3v) is 3.52. The highest BCUT2D eigenvalue weighted by Crippen LogP contribution is 2.19. The summed E-state index contributed by atoms with van der Waals surface area (Å²) in [4.78, 5) is 15.9. The number of carbonyl (C=O) groups is 1. The van der Waals surface area contributed by atoms with Crippen LogP contribution >= 0.6 is 0 Å². The van der Waals surface area contributed by atoms with Gasteiger partial charge in [-0.2, -0.15) is 5.10 Å². The van der Waals surface area contributed by atoms with Crippen LogP contribution in [0, 0.1) is 19.7 Å². The first-order valence-corrected chi connectivity index (χ1v) is 7.02. The van der Waals surface area contributed by atoms with Crippen LogP contribution in [0.1, 0.15) is 35.5 Å². The number of urea groups is 1. The first-order valence-electron chi connectivity index (χ1n) is 7.02. The van der Waals surface area contributed by atoms with Crippen LogP contribution in [0.4, 0.5) is 9.18 Å². The van der Waals surface area contributed by atoms with Gasteiger partial charge in [0.1, 0.15) is 18.0 Å². The number of amides is 2. The molecule has 2 amide bonds. The molecule has 0 aliphatic carbocycles. The molecule has 0 unspecified atom stereocenters. The summed E-state index contributed by atoms with van der Waals surface area (Å²) in [7, 11) is 1.76. The summed E-state index contributed by atoms with van der Waals surface area (Å²) in [5.74, 6) is 0.457. The molecule has 0 saturated heterocycles. The second kappa shape index (κ2) is 6.55. The number of hydrogen-bond donors (Lipinski definition) is 2. The van der Waals surface area contributed by atoms with E-state index in [0.29, 0.717) is 17.0 Å². The fourth-order valence-electron chi connectivity index (χ4n) is 2.20. The highest BCUT2D eigenvalue weighted by atomic mass is 19.1. The van der Waals surface area contributed by atoms with Crippen LogP contribution in [-0.4, -0.2) is 20.8 Å². The standard InChI is InChI=1S/C15H20FN5O/c1-9-5-12(6-10(2)14(9)16)11(3)20-15(22)17-7-13-18-8-19-21(13)4/h5-6,8,11H,7H2,1-4H3,(H2,17,20,22)/t11-/m1/s1. The molecule has 7 heteroatoms. The zero-order valence-corrected chi connectivity index (χ0v) is 13.1. The molecule has 2 aromatic rings. The fraction of sp³-hybridized carbons (Fsp3) is 0.400. The van der Waals surface area contributed by atoms with Crippen molar-refractivity contribution < 1.29 is 9.18 Å². The molecule has 1 aromatic carbocycles. The molecule has 0 saturated carbocycles. The SMILES string of the molecule is Cc1cc([C@@H](C)NC(=O)NCc2ncnn2C)cc(C)c1F. The van der Waals surface area contributed by atoms with Crippen molar-refractivity contribution in [2.24, 2.45) is 7.05 Å². The van der Waals surface area contributed by atoms with Gasteiger partial charge in [0.05, 0.1) is 12.6 Å². The maximum Gasteiger partial charge on any atom is 0.315 e. The van der Waals surface area contributed by atoms with E-state index in [4.69, 9.17) is 0 Å². The van der Waals surface area contributed by atoms with Crippen molar-refractivity contribution in [1.82, 2.24) is 25.4 Å². The van der Waals surface area contributed by atoms with Gasteiger partial charge in [-0.05, 0) is 37.5 Å². The summed E-state index contributed by atoms with van der Waals surface area (Å²) in [6.45, 7) is 5.57. The summed E-state index contributed by atoms with van der Waals surface area (Å²) >= 11 is 0. The molecule has 2 rings (SSSR count). The average molecular weight is 305 g/mol. The lowest BCUT2D eigenvalue weighted by Gasteiger charge is -2.16. The number of aromatic nitrogens is 3. The highest BCUT2D eigenvalue weighted by molar-refractivity contribution is 5.74. The van der Waals surface area contributed by atoms with E-state index in [9.17, 15) is 9.18 Å². The minimum atomic E-state index is -0.310. The molecule has 1 atom stereocenters. The third-order valence-electron chi connectivity index (χ3n) is 3.52. The number of halogens is 1. The van der Waals surface area contributed by atoms with Crippen molar-refractivity contribution in [3.8, 4) is 0 Å². The maximum atomic E-state index is 13.6. The van der Waals surface area contributed by atoms with E-state index in [0.717, 1.165) is 5.56 Å². The Morgan fingerprint density at radius 1 is 1.36 bits per heavy atom. The second-order valence-corrected chi connectivity index (χ2v) is 5.32. The van der Waals surface area contributed by atoms with Gasteiger partial charge >= 0.3 is 6.03 Å². The number of aryl methyl sites for hydroxylation is 3. The van der Waals surface area contributed by atoms with Crippen LogP contribution < -0.4 is 10.6 Å². The van der Waals surface area contributed by atoms with Gasteiger partial charge in [-0.3, -0.25) is 4.68 Å². The predicted molar refractivity (Wildman–Crippen MR) is 80.7 cm³/mol. The molecule has 2 N–H and O–H groups in total.